The number of anilines is 1. The minimum atomic E-state index is -0.600. The molecule has 1 aliphatic heterocycles. The molecule has 0 spiro atoms. The lowest BCUT2D eigenvalue weighted by atomic mass is 9.84. The molecule has 2 aromatic carbocycles. The van der Waals surface area contributed by atoms with Crippen LogP contribution in [0.25, 0.3) is 5.57 Å². The van der Waals surface area contributed by atoms with E-state index in [0.29, 0.717) is 12.2 Å². The summed E-state index contributed by atoms with van der Waals surface area (Å²) in [6.45, 7) is 6.06. The Labute approximate surface area is 178 Å². The lowest BCUT2D eigenvalue weighted by Crippen LogP contribution is -2.31. The van der Waals surface area contributed by atoms with E-state index in [-0.39, 0.29) is 5.97 Å². The first kappa shape index (κ1) is 21.6. The second-order valence-electron chi connectivity index (χ2n) is 7.49. The molecule has 158 valence electrons. The Balaban J connectivity index is 1.98. The summed E-state index contributed by atoms with van der Waals surface area (Å²) in [4.78, 5) is 26.9. The van der Waals surface area contributed by atoms with Gasteiger partial charge in [0.25, 0.3) is 0 Å². The monoisotopic (exact) mass is 406 g/mol. The van der Waals surface area contributed by atoms with Crippen LogP contribution in [-0.2, 0) is 9.53 Å². The smallest absolute Gasteiger partial charge is 0.338 e. The number of hydrogen-bond acceptors (Lipinski definition) is 4. The molecule has 1 unspecified atom stereocenters. The van der Waals surface area contributed by atoms with Gasteiger partial charge in [-0.2, -0.15) is 0 Å². The van der Waals surface area contributed by atoms with Crippen molar-refractivity contribution in [2.45, 2.75) is 39.0 Å². The standard InChI is InChI=1S/C25H30N2O3/c1-3-20(21-10-6-7-11-22(21)27-16-8-5-9-17-27)23(24(26)28)18-12-14-19(15-13-18)25(29)30-4-2/h3,6-7,10-15,23H,4-5,8-9,16-17H2,1-2H3,(H2,26,28). The van der Waals surface area contributed by atoms with E-state index in [1.807, 2.05) is 25.1 Å². The van der Waals surface area contributed by atoms with E-state index in [1.165, 1.54) is 19.3 Å². The van der Waals surface area contributed by atoms with E-state index in [9.17, 15) is 9.59 Å². The van der Waals surface area contributed by atoms with Crippen molar-refractivity contribution in [1.82, 2.24) is 0 Å². The second kappa shape index (κ2) is 10.1. The van der Waals surface area contributed by atoms with Gasteiger partial charge in [-0.25, -0.2) is 4.79 Å². The third-order valence-electron chi connectivity index (χ3n) is 5.57. The number of nitrogens with zero attached hydrogens (tertiary/aromatic N) is 1. The van der Waals surface area contributed by atoms with Gasteiger partial charge in [0.2, 0.25) is 5.91 Å². The molecule has 5 heteroatoms. The molecular weight excluding hydrogens is 376 g/mol. The van der Waals surface area contributed by atoms with Crippen molar-refractivity contribution in [3.05, 3.63) is 71.3 Å². The summed E-state index contributed by atoms with van der Waals surface area (Å²) in [7, 11) is 0. The van der Waals surface area contributed by atoms with Gasteiger partial charge >= 0.3 is 5.97 Å². The molecule has 0 aromatic heterocycles. The van der Waals surface area contributed by atoms with E-state index in [0.717, 1.165) is 35.5 Å². The molecule has 1 heterocycles. The zero-order valence-corrected chi connectivity index (χ0v) is 17.8. The number of allylic oxidation sites excluding steroid dienone is 1. The van der Waals surface area contributed by atoms with Crippen LogP contribution in [0.5, 0.6) is 0 Å². The second-order valence-corrected chi connectivity index (χ2v) is 7.49. The first-order valence-corrected chi connectivity index (χ1v) is 10.6. The van der Waals surface area contributed by atoms with Gasteiger partial charge < -0.3 is 15.4 Å². The van der Waals surface area contributed by atoms with Gasteiger partial charge in [-0.3, -0.25) is 4.79 Å². The summed E-state index contributed by atoms with van der Waals surface area (Å²) in [6.07, 6.45) is 5.57. The van der Waals surface area contributed by atoms with Crippen molar-refractivity contribution in [1.29, 1.82) is 0 Å². The number of amides is 1. The lowest BCUT2D eigenvalue weighted by molar-refractivity contribution is -0.118. The fourth-order valence-electron chi connectivity index (χ4n) is 4.13. The molecule has 1 fully saturated rings. The van der Waals surface area contributed by atoms with Crippen LogP contribution in [-0.4, -0.2) is 31.6 Å². The molecule has 2 N–H and O–H groups in total. The molecule has 1 saturated heterocycles. The van der Waals surface area contributed by atoms with Crippen LogP contribution in [0.2, 0.25) is 0 Å². The summed E-state index contributed by atoms with van der Waals surface area (Å²) >= 11 is 0. The molecule has 0 radical (unpaired) electrons. The summed E-state index contributed by atoms with van der Waals surface area (Å²) in [5.41, 5.74) is 10.1. The zero-order valence-electron chi connectivity index (χ0n) is 17.8. The van der Waals surface area contributed by atoms with Crippen molar-refractivity contribution >= 4 is 23.1 Å². The van der Waals surface area contributed by atoms with Gasteiger partial charge in [0.1, 0.15) is 0 Å². The van der Waals surface area contributed by atoms with Gasteiger partial charge in [-0.05, 0) is 62.4 Å². The number of nitrogens with two attached hydrogens (primary N) is 1. The highest BCUT2D eigenvalue weighted by molar-refractivity contribution is 5.98. The number of para-hydroxylation sites is 1. The largest absolute Gasteiger partial charge is 0.462 e. The van der Waals surface area contributed by atoms with Crippen molar-refractivity contribution in [3.8, 4) is 0 Å². The van der Waals surface area contributed by atoms with E-state index in [4.69, 9.17) is 10.5 Å². The number of carbonyl (C=O) groups excluding carboxylic acids is 2. The summed E-state index contributed by atoms with van der Waals surface area (Å²) in [6, 6.07) is 15.2. The number of rotatable bonds is 7. The van der Waals surface area contributed by atoms with Crippen LogP contribution in [0.3, 0.4) is 0 Å². The maximum absolute atomic E-state index is 12.6. The zero-order chi connectivity index (χ0) is 21.5. The van der Waals surface area contributed by atoms with E-state index >= 15 is 0 Å². The van der Waals surface area contributed by atoms with Crippen molar-refractivity contribution < 1.29 is 14.3 Å². The number of piperidine rings is 1. The summed E-state index contributed by atoms with van der Waals surface area (Å²) in [5, 5.41) is 0. The van der Waals surface area contributed by atoms with E-state index in [1.54, 1.807) is 31.2 Å². The number of benzene rings is 2. The van der Waals surface area contributed by atoms with Gasteiger partial charge in [-0.1, -0.05) is 36.4 Å². The molecule has 1 aliphatic rings. The maximum Gasteiger partial charge on any atom is 0.338 e. The number of carbonyl (C=O) groups is 2. The highest BCUT2D eigenvalue weighted by Crippen LogP contribution is 2.38. The molecule has 1 amide bonds. The highest BCUT2D eigenvalue weighted by atomic mass is 16.5. The molecule has 0 aliphatic carbocycles. The predicted octanol–water partition coefficient (Wildman–Crippen LogP) is 4.53. The van der Waals surface area contributed by atoms with Crippen LogP contribution in [0, 0.1) is 0 Å². The topological polar surface area (TPSA) is 72.6 Å². The number of hydrogen-bond donors (Lipinski definition) is 1. The Bertz CT molecular complexity index is 912. The third kappa shape index (κ3) is 4.73. The van der Waals surface area contributed by atoms with Gasteiger partial charge in [0.05, 0.1) is 18.1 Å². The maximum atomic E-state index is 12.6. The Hall–Kier alpha value is -3.08. The van der Waals surface area contributed by atoms with E-state index < -0.39 is 11.8 Å². The summed E-state index contributed by atoms with van der Waals surface area (Å²) in [5.74, 6) is -1.39. The normalized spacial score (nSPS) is 15.5. The molecule has 3 rings (SSSR count). The number of primary amides is 1. The lowest BCUT2D eigenvalue weighted by Gasteiger charge is -2.32. The predicted molar refractivity (Wildman–Crippen MR) is 120 cm³/mol. The first-order valence-electron chi connectivity index (χ1n) is 10.6. The Morgan fingerprint density at radius 1 is 1.07 bits per heavy atom. The molecule has 30 heavy (non-hydrogen) atoms. The third-order valence-corrected chi connectivity index (χ3v) is 5.57. The van der Waals surface area contributed by atoms with Gasteiger partial charge in [0, 0.05) is 24.3 Å². The highest BCUT2D eigenvalue weighted by Gasteiger charge is 2.26. The molecular formula is C25H30N2O3. The Kier molecular flexibility index (Phi) is 7.28. The number of ether oxygens (including phenoxy) is 1. The van der Waals surface area contributed by atoms with Crippen molar-refractivity contribution in [2.75, 3.05) is 24.6 Å². The minimum Gasteiger partial charge on any atom is -0.462 e. The molecule has 0 saturated carbocycles. The molecule has 0 bridgehead atoms. The minimum absolute atomic E-state index is 0.320. The average molecular weight is 407 g/mol. The fourth-order valence-corrected chi connectivity index (χ4v) is 4.13. The Morgan fingerprint density at radius 2 is 1.73 bits per heavy atom. The van der Waals surface area contributed by atoms with Gasteiger partial charge in [-0.15, -0.1) is 0 Å². The number of esters is 1. The summed E-state index contributed by atoms with van der Waals surface area (Å²) < 4.78 is 5.05. The Morgan fingerprint density at radius 3 is 2.33 bits per heavy atom. The van der Waals surface area contributed by atoms with Crippen LogP contribution in [0.1, 0.15) is 60.5 Å². The van der Waals surface area contributed by atoms with Gasteiger partial charge in [0.15, 0.2) is 0 Å². The molecule has 2 aromatic rings. The average Bonchev–Trinajstić information content (AvgIpc) is 2.78. The SMILES string of the molecule is CC=C(c1ccccc1N1CCCCC1)C(C(N)=O)c1ccc(C(=O)OCC)cc1. The van der Waals surface area contributed by atoms with Crippen molar-refractivity contribution in [2.24, 2.45) is 5.73 Å². The molecule has 5 nitrogen and oxygen atoms in total. The van der Waals surface area contributed by atoms with Crippen molar-refractivity contribution in [3.63, 3.8) is 0 Å². The van der Waals surface area contributed by atoms with Crippen LogP contribution >= 0.6 is 0 Å². The molecule has 1 atom stereocenters. The quantitative estimate of drug-likeness (QED) is 0.686. The van der Waals surface area contributed by atoms with Crippen LogP contribution in [0.15, 0.2) is 54.6 Å². The first-order chi connectivity index (χ1) is 14.6. The fraction of sp³-hybridized carbons (Fsp3) is 0.360. The van der Waals surface area contributed by atoms with Crippen LogP contribution in [0.4, 0.5) is 5.69 Å². The van der Waals surface area contributed by atoms with Crippen LogP contribution < -0.4 is 10.6 Å². The van der Waals surface area contributed by atoms with E-state index in [2.05, 4.69) is 17.0 Å².